The molecule has 5 nitrogen and oxygen atoms in total. The molecule has 0 N–H and O–H groups in total. The van der Waals surface area contributed by atoms with Gasteiger partial charge in [0, 0.05) is 35.4 Å². The van der Waals surface area contributed by atoms with Crippen molar-refractivity contribution >= 4 is 61.6 Å². The van der Waals surface area contributed by atoms with Crippen LogP contribution < -0.4 is 0 Å². The van der Waals surface area contributed by atoms with Gasteiger partial charge in [0.25, 0.3) is 9.05 Å². The van der Waals surface area contributed by atoms with Gasteiger partial charge in [-0.2, -0.15) is 0 Å². The Morgan fingerprint density at radius 1 is 0.769 bits per heavy atom. The first-order chi connectivity index (χ1) is 12.0. The molecule has 0 aliphatic heterocycles. The zero-order valence-electron chi connectivity index (χ0n) is 14.1. The first kappa shape index (κ1) is 23.6. The average Bonchev–Trinajstić information content (AvgIpc) is 2.61. The van der Waals surface area contributed by atoms with Gasteiger partial charge in [-0.1, -0.05) is 56.1 Å². The van der Waals surface area contributed by atoms with E-state index in [2.05, 4.69) is 31.9 Å². The predicted octanol–water partition coefficient (Wildman–Crippen LogP) is 4.34. The van der Waals surface area contributed by atoms with E-state index in [4.69, 9.17) is 10.7 Å². The summed E-state index contributed by atoms with van der Waals surface area (Å²) < 4.78 is 46.1. The summed E-state index contributed by atoms with van der Waals surface area (Å²) in [6.45, 7) is 0. The van der Waals surface area contributed by atoms with Crippen LogP contribution in [-0.4, -0.2) is 35.2 Å². The largest absolute Gasteiger partial charge is 0.261 e. The maximum absolute atomic E-state index is 11.6. The van der Waals surface area contributed by atoms with Crippen LogP contribution in [0.3, 0.4) is 0 Å². The summed E-state index contributed by atoms with van der Waals surface area (Å²) in [4.78, 5) is 0.459. The van der Waals surface area contributed by atoms with E-state index in [0.29, 0.717) is 10.2 Å². The molecule has 26 heavy (non-hydrogen) atoms. The lowest BCUT2D eigenvalue weighted by atomic mass is 10.2. The van der Waals surface area contributed by atoms with E-state index in [1.165, 1.54) is 30.5 Å². The fraction of sp³-hybridized carbons (Fsp3) is 0.250. The van der Waals surface area contributed by atoms with Crippen LogP contribution >= 0.6 is 42.5 Å². The monoisotopic (exact) mass is 545 g/mol. The Kier molecular flexibility index (Phi) is 9.25. The summed E-state index contributed by atoms with van der Waals surface area (Å²) >= 11 is 6.55. The number of nitrogens with zero attached hydrogens (tertiary/aromatic N) is 1. The highest BCUT2D eigenvalue weighted by atomic mass is 79.9. The molecule has 0 aromatic heterocycles. The van der Waals surface area contributed by atoms with E-state index >= 15 is 0 Å². The van der Waals surface area contributed by atoms with Gasteiger partial charge >= 0.3 is 0 Å². The molecule has 2 rings (SSSR count). The molecule has 2 aromatic carbocycles. The molecule has 0 radical (unpaired) electrons. The van der Waals surface area contributed by atoms with Crippen molar-refractivity contribution in [1.82, 2.24) is 4.31 Å². The molecular weight excluding hydrogens is 530 g/mol. The van der Waals surface area contributed by atoms with Gasteiger partial charge < -0.3 is 0 Å². The zero-order chi connectivity index (χ0) is 20.0. The van der Waals surface area contributed by atoms with Crippen molar-refractivity contribution in [3.05, 3.63) is 59.7 Å². The van der Waals surface area contributed by atoms with Crippen LogP contribution in [0, 0.1) is 0 Å². The molecule has 0 spiro atoms. The molecule has 0 aliphatic rings. The lowest BCUT2D eigenvalue weighted by molar-refractivity contribution is 0.520. The maximum atomic E-state index is 11.6. The molecule has 2 aromatic rings. The van der Waals surface area contributed by atoms with Crippen molar-refractivity contribution in [1.29, 1.82) is 0 Å². The minimum Gasteiger partial charge on any atom is -0.207 e. The first-order valence-electron chi connectivity index (χ1n) is 7.19. The fourth-order valence-corrected chi connectivity index (χ4v) is 4.12. The SMILES string of the molecule is CN(C)S(=O)(=O)c1ccc(CBr)cc1.O=S(=O)(Cl)c1ccc(CBr)cc1. The van der Waals surface area contributed by atoms with Crippen LogP contribution in [0.5, 0.6) is 0 Å². The topological polar surface area (TPSA) is 71.5 Å². The highest BCUT2D eigenvalue weighted by molar-refractivity contribution is 9.08. The van der Waals surface area contributed by atoms with Crippen molar-refractivity contribution in [3.8, 4) is 0 Å². The number of halogens is 3. The van der Waals surface area contributed by atoms with E-state index in [0.717, 1.165) is 16.5 Å². The highest BCUT2D eigenvalue weighted by Crippen LogP contribution is 2.16. The standard InChI is InChI=1S/C9H12BrNO2S.C7H6BrClO2S/c1-11(2)14(12,13)9-5-3-8(7-10)4-6-9;8-5-6-1-3-7(4-2-6)12(9,10)11/h3-6H,7H2,1-2H3;1-4H,5H2. The minimum atomic E-state index is -3.57. The third-order valence-corrected chi connectivity index (χ3v) is 7.71. The van der Waals surface area contributed by atoms with Gasteiger partial charge in [0.2, 0.25) is 10.0 Å². The third-order valence-electron chi connectivity index (χ3n) is 3.22. The molecule has 0 amide bonds. The minimum absolute atomic E-state index is 0.133. The summed E-state index contributed by atoms with van der Waals surface area (Å²) in [7, 11) is 1.30. The Balaban J connectivity index is 0.000000263. The molecule has 0 atom stereocenters. The molecule has 144 valence electrons. The van der Waals surface area contributed by atoms with Gasteiger partial charge in [0.15, 0.2) is 0 Å². The lowest BCUT2D eigenvalue weighted by Crippen LogP contribution is -2.22. The fourth-order valence-electron chi connectivity index (χ4n) is 1.70. The summed E-state index contributed by atoms with van der Waals surface area (Å²) in [5.41, 5.74) is 2.07. The Morgan fingerprint density at radius 3 is 1.38 bits per heavy atom. The van der Waals surface area contributed by atoms with Gasteiger partial charge in [-0.3, -0.25) is 0 Å². The Hall–Kier alpha value is -0.450. The average molecular weight is 548 g/mol. The van der Waals surface area contributed by atoms with Gasteiger partial charge in [0.1, 0.15) is 0 Å². The van der Waals surface area contributed by atoms with Crippen molar-refractivity contribution in [3.63, 3.8) is 0 Å². The molecule has 0 bridgehead atoms. The number of rotatable bonds is 5. The molecular formula is C16H18Br2ClNO4S2. The summed E-state index contributed by atoms with van der Waals surface area (Å²) in [5.74, 6) is 0. The zero-order valence-corrected chi connectivity index (χ0v) is 19.6. The third kappa shape index (κ3) is 6.94. The normalized spacial score (nSPS) is 11.8. The lowest BCUT2D eigenvalue weighted by Gasteiger charge is -2.11. The number of sulfonamides is 1. The van der Waals surface area contributed by atoms with Crippen LogP contribution in [0.1, 0.15) is 11.1 Å². The molecule has 0 unspecified atom stereocenters. The Bertz CT molecular complexity index is 914. The van der Waals surface area contributed by atoms with E-state index in [1.54, 1.807) is 36.4 Å². The molecule has 0 fully saturated rings. The summed E-state index contributed by atoms with van der Waals surface area (Å²) in [5, 5.41) is 1.44. The van der Waals surface area contributed by atoms with E-state index in [9.17, 15) is 16.8 Å². The van der Waals surface area contributed by atoms with E-state index in [1.807, 2.05) is 0 Å². The second-order valence-electron chi connectivity index (χ2n) is 5.28. The van der Waals surface area contributed by atoms with E-state index < -0.39 is 19.1 Å². The maximum Gasteiger partial charge on any atom is 0.261 e. The van der Waals surface area contributed by atoms with Gasteiger partial charge in [-0.25, -0.2) is 21.1 Å². The summed E-state index contributed by atoms with van der Waals surface area (Å²) in [6, 6.07) is 13.2. The molecule has 0 saturated heterocycles. The van der Waals surface area contributed by atoms with Crippen LogP contribution in [-0.2, 0) is 29.7 Å². The van der Waals surface area contributed by atoms with Crippen molar-refractivity contribution in [2.24, 2.45) is 0 Å². The molecule has 0 heterocycles. The number of hydrogen-bond acceptors (Lipinski definition) is 4. The highest BCUT2D eigenvalue weighted by Gasteiger charge is 2.16. The summed E-state index contributed by atoms with van der Waals surface area (Å²) in [6.07, 6.45) is 0. The number of hydrogen-bond donors (Lipinski definition) is 0. The quantitative estimate of drug-likeness (QED) is 0.413. The van der Waals surface area contributed by atoms with Crippen LogP contribution in [0.2, 0.25) is 0 Å². The second kappa shape index (κ2) is 10.2. The van der Waals surface area contributed by atoms with Crippen molar-refractivity contribution in [2.75, 3.05) is 14.1 Å². The van der Waals surface area contributed by atoms with Gasteiger partial charge in [-0.05, 0) is 35.4 Å². The van der Waals surface area contributed by atoms with Gasteiger partial charge in [0.05, 0.1) is 9.79 Å². The van der Waals surface area contributed by atoms with Crippen molar-refractivity contribution < 1.29 is 16.8 Å². The van der Waals surface area contributed by atoms with Crippen molar-refractivity contribution in [2.45, 2.75) is 20.5 Å². The van der Waals surface area contributed by atoms with Crippen LogP contribution in [0.25, 0.3) is 0 Å². The predicted molar refractivity (Wildman–Crippen MR) is 112 cm³/mol. The Morgan fingerprint density at radius 2 is 1.12 bits per heavy atom. The molecule has 10 heteroatoms. The van der Waals surface area contributed by atoms with E-state index in [-0.39, 0.29) is 4.90 Å². The second-order valence-corrected chi connectivity index (χ2v) is 11.1. The first-order valence-corrected chi connectivity index (χ1v) is 13.2. The number of alkyl halides is 2. The number of benzene rings is 2. The smallest absolute Gasteiger partial charge is 0.207 e. The van der Waals surface area contributed by atoms with Crippen LogP contribution in [0.15, 0.2) is 58.3 Å². The van der Waals surface area contributed by atoms with Gasteiger partial charge in [-0.15, -0.1) is 0 Å². The van der Waals surface area contributed by atoms with Crippen LogP contribution in [0.4, 0.5) is 0 Å². The molecule has 0 aliphatic carbocycles. The Labute approximate surface area is 176 Å². The molecule has 0 saturated carbocycles.